The van der Waals surface area contributed by atoms with Gasteiger partial charge in [0, 0.05) is 17.1 Å². The summed E-state index contributed by atoms with van der Waals surface area (Å²) in [7, 11) is 0. The summed E-state index contributed by atoms with van der Waals surface area (Å²) < 4.78 is 2.07. The second-order valence-electron chi connectivity index (χ2n) is 4.82. The lowest BCUT2D eigenvalue weighted by molar-refractivity contribution is 0.0364. The van der Waals surface area contributed by atoms with Gasteiger partial charge in [0.1, 0.15) is 0 Å². The van der Waals surface area contributed by atoms with E-state index in [1.807, 2.05) is 26.8 Å². The van der Waals surface area contributed by atoms with Crippen molar-refractivity contribution in [1.82, 2.24) is 10.0 Å². The zero-order chi connectivity index (χ0) is 14.7. The highest BCUT2D eigenvalue weighted by atomic mass is 16.6. The monoisotopic (exact) mass is 272 g/mol. The van der Waals surface area contributed by atoms with Gasteiger partial charge in [0.25, 0.3) is 5.91 Å². The van der Waals surface area contributed by atoms with E-state index in [0.717, 1.165) is 17.1 Å². The summed E-state index contributed by atoms with van der Waals surface area (Å²) in [6.45, 7) is 8.26. The molecule has 0 atom stereocenters. The molecule has 106 valence electrons. The molecule has 0 bridgehead atoms. The van der Waals surface area contributed by atoms with Crippen LogP contribution in [-0.2, 0) is 4.84 Å². The van der Waals surface area contributed by atoms with Crippen LogP contribution >= 0.6 is 0 Å². The molecule has 0 unspecified atom stereocenters. The Hall–Kier alpha value is -2.07. The topological polar surface area (TPSA) is 43.3 Å². The van der Waals surface area contributed by atoms with E-state index in [9.17, 15) is 4.79 Å². The Morgan fingerprint density at radius 3 is 2.45 bits per heavy atom. The molecule has 0 spiro atoms. The highest BCUT2D eigenvalue weighted by molar-refractivity contribution is 5.95. The van der Waals surface area contributed by atoms with Crippen molar-refractivity contribution in [2.75, 3.05) is 6.61 Å². The number of amides is 1. The molecule has 0 aliphatic heterocycles. The summed E-state index contributed by atoms with van der Waals surface area (Å²) in [4.78, 5) is 17.0. The molecular formula is C16H20N2O2. The standard InChI is InChI=1S/C16H20N2O2/c1-5-20-17-16(19)15-10-12(3)18(13(15)4)14-8-6-11(2)7-9-14/h6-10H,5H2,1-4H3,(H,17,19). The average molecular weight is 272 g/mol. The predicted molar refractivity (Wildman–Crippen MR) is 79.1 cm³/mol. The summed E-state index contributed by atoms with van der Waals surface area (Å²) >= 11 is 0. The Balaban J connectivity index is 2.38. The number of nitrogens with zero attached hydrogens (tertiary/aromatic N) is 1. The van der Waals surface area contributed by atoms with Gasteiger partial charge >= 0.3 is 0 Å². The normalized spacial score (nSPS) is 10.6. The lowest BCUT2D eigenvalue weighted by Gasteiger charge is -2.10. The number of carbonyl (C=O) groups excluding carboxylic acids is 1. The Kier molecular flexibility index (Phi) is 4.25. The van der Waals surface area contributed by atoms with Gasteiger partial charge in [-0.05, 0) is 45.9 Å². The van der Waals surface area contributed by atoms with Crippen LogP contribution in [0.2, 0.25) is 0 Å². The molecule has 0 saturated carbocycles. The van der Waals surface area contributed by atoms with Gasteiger partial charge in [0.2, 0.25) is 0 Å². The Morgan fingerprint density at radius 2 is 1.85 bits per heavy atom. The third kappa shape index (κ3) is 2.75. The molecule has 2 aromatic rings. The fourth-order valence-corrected chi connectivity index (χ4v) is 2.28. The van der Waals surface area contributed by atoms with E-state index >= 15 is 0 Å². The largest absolute Gasteiger partial charge is 0.318 e. The Labute approximate surface area is 119 Å². The maximum absolute atomic E-state index is 12.0. The first-order valence-corrected chi connectivity index (χ1v) is 6.72. The van der Waals surface area contributed by atoms with Crippen molar-refractivity contribution in [3.8, 4) is 5.69 Å². The number of carbonyl (C=O) groups is 1. The van der Waals surface area contributed by atoms with Gasteiger partial charge in [-0.3, -0.25) is 9.63 Å². The number of hydrogen-bond acceptors (Lipinski definition) is 2. The summed E-state index contributed by atoms with van der Waals surface area (Å²) in [6, 6.07) is 10.1. The molecule has 0 aliphatic rings. The highest BCUT2D eigenvalue weighted by Crippen LogP contribution is 2.21. The lowest BCUT2D eigenvalue weighted by atomic mass is 10.2. The fourth-order valence-electron chi connectivity index (χ4n) is 2.28. The summed E-state index contributed by atoms with van der Waals surface area (Å²) in [5.74, 6) is -0.210. The van der Waals surface area contributed by atoms with Gasteiger partial charge in [-0.1, -0.05) is 17.7 Å². The molecule has 1 aromatic carbocycles. The summed E-state index contributed by atoms with van der Waals surface area (Å²) in [5.41, 5.74) is 7.27. The predicted octanol–water partition coefficient (Wildman–Crippen LogP) is 3.08. The fraction of sp³-hybridized carbons (Fsp3) is 0.312. The number of aryl methyl sites for hydroxylation is 2. The number of hydrogen-bond donors (Lipinski definition) is 1. The highest BCUT2D eigenvalue weighted by Gasteiger charge is 2.16. The van der Waals surface area contributed by atoms with E-state index in [1.54, 1.807) is 0 Å². The second-order valence-corrected chi connectivity index (χ2v) is 4.82. The van der Waals surface area contributed by atoms with Crippen molar-refractivity contribution >= 4 is 5.91 Å². The summed E-state index contributed by atoms with van der Waals surface area (Å²) in [5, 5.41) is 0. The van der Waals surface area contributed by atoms with Crippen molar-refractivity contribution in [2.45, 2.75) is 27.7 Å². The Bertz CT molecular complexity index is 612. The summed E-state index contributed by atoms with van der Waals surface area (Å²) in [6.07, 6.45) is 0. The van der Waals surface area contributed by atoms with Crippen LogP contribution in [0.1, 0.15) is 34.2 Å². The molecule has 4 nitrogen and oxygen atoms in total. The van der Waals surface area contributed by atoms with Crippen LogP contribution in [0.4, 0.5) is 0 Å². The van der Waals surface area contributed by atoms with E-state index in [-0.39, 0.29) is 5.91 Å². The van der Waals surface area contributed by atoms with Gasteiger partial charge in [0.05, 0.1) is 12.2 Å². The second kappa shape index (κ2) is 5.92. The van der Waals surface area contributed by atoms with Crippen LogP contribution < -0.4 is 5.48 Å². The van der Waals surface area contributed by atoms with Crippen LogP contribution in [0, 0.1) is 20.8 Å². The minimum atomic E-state index is -0.210. The third-order valence-corrected chi connectivity index (χ3v) is 3.28. The first kappa shape index (κ1) is 14.3. The van der Waals surface area contributed by atoms with E-state index < -0.39 is 0 Å². The third-order valence-electron chi connectivity index (χ3n) is 3.28. The molecule has 2 rings (SSSR count). The van der Waals surface area contributed by atoms with Crippen LogP contribution in [0.15, 0.2) is 30.3 Å². The Morgan fingerprint density at radius 1 is 1.20 bits per heavy atom. The first-order chi connectivity index (χ1) is 9.54. The lowest BCUT2D eigenvalue weighted by Crippen LogP contribution is -2.24. The number of aromatic nitrogens is 1. The molecule has 20 heavy (non-hydrogen) atoms. The van der Waals surface area contributed by atoms with Gasteiger partial charge < -0.3 is 4.57 Å². The molecule has 1 N–H and O–H groups in total. The van der Waals surface area contributed by atoms with Crippen molar-refractivity contribution in [3.05, 3.63) is 52.8 Å². The first-order valence-electron chi connectivity index (χ1n) is 6.72. The number of nitrogens with one attached hydrogen (secondary N) is 1. The number of rotatable bonds is 4. The van der Waals surface area contributed by atoms with Gasteiger partial charge in [0.15, 0.2) is 0 Å². The van der Waals surface area contributed by atoms with Crippen LogP contribution in [0.5, 0.6) is 0 Å². The van der Waals surface area contributed by atoms with Crippen molar-refractivity contribution < 1.29 is 9.63 Å². The quantitative estimate of drug-likeness (QED) is 0.869. The molecular weight excluding hydrogens is 252 g/mol. The number of benzene rings is 1. The SMILES string of the molecule is CCONC(=O)c1cc(C)n(-c2ccc(C)cc2)c1C. The van der Waals surface area contributed by atoms with E-state index in [1.165, 1.54) is 5.56 Å². The van der Waals surface area contributed by atoms with Crippen LogP contribution in [-0.4, -0.2) is 17.1 Å². The molecule has 0 radical (unpaired) electrons. The van der Waals surface area contributed by atoms with E-state index in [0.29, 0.717) is 12.2 Å². The zero-order valence-electron chi connectivity index (χ0n) is 12.4. The molecule has 1 heterocycles. The molecule has 1 aromatic heterocycles. The van der Waals surface area contributed by atoms with Gasteiger partial charge in [-0.2, -0.15) is 0 Å². The van der Waals surface area contributed by atoms with E-state index in [4.69, 9.17) is 4.84 Å². The molecule has 4 heteroatoms. The molecule has 0 saturated heterocycles. The van der Waals surface area contributed by atoms with Crippen LogP contribution in [0.3, 0.4) is 0 Å². The number of hydroxylamine groups is 1. The molecule has 0 aliphatic carbocycles. The minimum Gasteiger partial charge on any atom is -0.318 e. The van der Waals surface area contributed by atoms with Crippen LogP contribution in [0.25, 0.3) is 5.69 Å². The van der Waals surface area contributed by atoms with Gasteiger partial charge in [-0.25, -0.2) is 5.48 Å². The van der Waals surface area contributed by atoms with Crippen molar-refractivity contribution in [3.63, 3.8) is 0 Å². The minimum absolute atomic E-state index is 0.210. The molecule has 0 fully saturated rings. The zero-order valence-corrected chi connectivity index (χ0v) is 12.4. The average Bonchev–Trinajstić information content (AvgIpc) is 2.73. The maximum Gasteiger partial charge on any atom is 0.276 e. The smallest absolute Gasteiger partial charge is 0.276 e. The van der Waals surface area contributed by atoms with Crippen molar-refractivity contribution in [2.24, 2.45) is 0 Å². The molecule has 1 amide bonds. The maximum atomic E-state index is 12.0. The van der Waals surface area contributed by atoms with Crippen molar-refractivity contribution in [1.29, 1.82) is 0 Å². The van der Waals surface area contributed by atoms with Gasteiger partial charge in [-0.15, -0.1) is 0 Å². The van der Waals surface area contributed by atoms with E-state index in [2.05, 4.69) is 41.2 Å².